The number of nitrogens with zero attached hydrogens (tertiary/aromatic N) is 1. The Bertz CT molecular complexity index is 565. The van der Waals surface area contributed by atoms with E-state index in [2.05, 4.69) is 69.4 Å². The number of nitrogens with two attached hydrogens (primary N) is 1. The first-order chi connectivity index (χ1) is 9.22. The van der Waals surface area contributed by atoms with E-state index in [1.165, 1.54) is 16.8 Å². The second-order valence-electron chi connectivity index (χ2n) is 5.10. The Labute approximate surface area is 122 Å². The average molecular weight is 317 g/mol. The summed E-state index contributed by atoms with van der Waals surface area (Å²) < 4.78 is 1.12. The molecule has 19 heavy (non-hydrogen) atoms. The zero-order valence-corrected chi connectivity index (χ0v) is 12.3. The fourth-order valence-electron chi connectivity index (χ4n) is 2.68. The van der Waals surface area contributed by atoms with E-state index in [0.29, 0.717) is 0 Å². The third-order valence-electron chi connectivity index (χ3n) is 3.56. The highest BCUT2D eigenvalue weighted by molar-refractivity contribution is 9.10. The van der Waals surface area contributed by atoms with Gasteiger partial charge in [0.1, 0.15) is 0 Å². The molecule has 98 valence electrons. The van der Waals surface area contributed by atoms with Crippen molar-refractivity contribution < 1.29 is 0 Å². The topological polar surface area (TPSA) is 29.3 Å². The standard InChI is InChI=1S/C16H17BrN2/c17-14-7-5-12(6-8-14)10-19-11-15(18)9-13-3-1-2-4-16(13)19/h1-8,15H,9-11,18H2. The van der Waals surface area contributed by atoms with Crippen molar-refractivity contribution >= 4 is 21.6 Å². The van der Waals surface area contributed by atoms with Crippen LogP contribution >= 0.6 is 15.9 Å². The summed E-state index contributed by atoms with van der Waals surface area (Å²) in [5.74, 6) is 0. The van der Waals surface area contributed by atoms with Crippen molar-refractivity contribution in [2.75, 3.05) is 11.4 Å². The molecule has 0 amide bonds. The highest BCUT2D eigenvalue weighted by Gasteiger charge is 2.21. The predicted molar refractivity (Wildman–Crippen MR) is 83.3 cm³/mol. The van der Waals surface area contributed by atoms with Crippen molar-refractivity contribution in [3.8, 4) is 0 Å². The monoisotopic (exact) mass is 316 g/mol. The molecule has 1 unspecified atom stereocenters. The molecule has 1 aliphatic rings. The number of hydrogen-bond acceptors (Lipinski definition) is 2. The normalized spacial score (nSPS) is 18.2. The number of para-hydroxylation sites is 1. The lowest BCUT2D eigenvalue weighted by Crippen LogP contribution is -2.42. The number of rotatable bonds is 2. The fourth-order valence-corrected chi connectivity index (χ4v) is 2.94. The van der Waals surface area contributed by atoms with Crippen molar-refractivity contribution in [3.63, 3.8) is 0 Å². The van der Waals surface area contributed by atoms with Crippen molar-refractivity contribution in [2.45, 2.75) is 19.0 Å². The molecule has 0 radical (unpaired) electrons. The largest absolute Gasteiger partial charge is 0.365 e. The molecule has 3 heteroatoms. The number of fused-ring (bicyclic) bond motifs is 1. The maximum Gasteiger partial charge on any atom is 0.0430 e. The van der Waals surface area contributed by atoms with E-state index in [0.717, 1.165) is 24.0 Å². The van der Waals surface area contributed by atoms with E-state index < -0.39 is 0 Å². The number of hydrogen-bond donors (Lipinski definition) is 1. The van der Waals surface area contributed by atoms with Crippen LogP contribution in [0.3, 0.4) is 0 Å². The molecule has 1 atom stereocenters. The third-order valence-corrected chi connectivity index (χ3v) is 4.08. The predicted octanol–water partition coefficient (Wildman–Crippen LogP) is 3.34. The Morgan fingerprint density at radius 3 is 2.63 bits per heavy atom. The maximum atomic E-state index is 6.17. The summed E-state index contributed by atoms with van der Waals surface area (Å²) in [5.41, 5.74) is 10.2. The van der Waals surface area contributed by atoms with Gasteiger partial charge in [-0.25, -0.2) is 0 Å². The van der Waals surface area contributed by atoms with Crippen LogP contribution in [0.4, 0.5) is 5.69 Å². The minimum absolute atomic E-state index is 0.227. The highest BCUT2D eigenvalue weighted by Crippen LogP contribution is 2.27. The first kappa shape index (κ1) is 12.7. The Hall–Kier alpha value is -1.32. The van der Waals surface area contributed by atoms with Crippen LogP contribution in [0.25, 0.3) is 0 Å². The van der Waals surface area contributed by atoms with Gasteiger partial charge in [-0.05, 0) is 35.7 Å². The maximum absolute atomic E-state index is 6.17. The summed E-state index contributed by atoms with van der Waals surface area (Å²) >= 11 is 3.47. The molecule has 2 N–H and O–H groups in total. The number of halogens is 1. The Morgan fingerprint density at radius 1 is 1.11 bits per heavy atom. The molecular formula is C16H17BrN2. The lowest BCUT2D eigenvalue weighted by molar-refractivity contribution is 0.599. The fraction of sp³-hybridized carbons (Fsp3) is 0.250. The molecule has 0 saturated carbocycles. The van der Waals surface area contributed by atoms with Gasteiger partial charge in [0, 0.05) is 29.3 Å². The SMILES string of the molecule is NC1Cc2ccccc2N(Cc2ccc(Br)cc2)C1. The van der Waals surface area contributed by atoms with Crippen LogP contribution in [-0.4, -0.2) is 12.6 Å². The molecule has 1 aliphatic heterocycles. The van der Waals surface area contributed by atoms with Crippen LogP contribution in [0.15, 0.2) is 53.0 Å². The minimum Gasteiger partial charge on any atom is -0.365 e. The van der Waals surface area contributed by atoms with Crippen molar-refractivity contribution in [1.82, 2.24) is 0 Å². The summed E-state index contributed by atoms with van der Waals surface area (Å²) in [6, 6.07) is 17.3. The summed E-state index contributed by atoms with van der Waals surface area (Å²) in [6.07, 6.45) is 0.979. The summed E-state index contributed by atoms with van der Waals surface area (Å²) in [7, 11) is 0. The molecule has 1 heterocycles. The van der Waals surface area contributed by atoms with E-state index >= 15 is 0 Å². The Balaban J connectivity index is 1.86. The smallest absolute Gasteiger partial charge is 0.0430 e. The van der Waals surface area contributed by atoms with Crippen LogP contribution in [-0.2, 0) is 13.0 Å². The Morgan fingerprint density at radius 2 is 1.84 bits per heavy atom. The molecule has 2 nitrogen and oxygen atoms in total. The van der Waals surface area contributed by atoms with Crippen LogP contribution in [0.5, 0.6) is 0 Å². The van der Waals surface area contributed by atoms with Gasteiger partial charge in [-0.1, -0.05) is 46.3 Å². The lowest BCUT2D eigenvalue weighted by atomic mass is 9.98. The first-order valence-corrected chi connectivity index (χ1v) is 7.34. The van der Waals surface area contributed by atoms with Crippen LogP contribution in [0, 0.1) is 0 Å². The number of benzene rings is 2. The van der Waals surface area contributed by atoms with Crippen LogP contribution in [0.2, 0.25) is 0 Å². The lowest BCUT2D eigenvalue weighted by Gasteiger charge is -2.34. The van der Waals surface area contributed by atoms with E-state index in [9.17, 15) is 0 Å². The minimum atomic E-state index is 0.227. The van der Waals surface area contributed by atoms with Crippen LogP contribution in [0.1, 0.15) is 11.1 Å². The van der Waals surface area contributed by atoms with E-state index in [-0.39, 0.29) is 6.04 Å². The quantitative estimate of drug-likeness (QED) is 0.920. The molecule has 2 aromatic carbocycles. The van der Waals surface area contributed by atoms with Gasteiger partial charge in [-0.15, -0.1) is 0 Å². The molecule has 2 aromatic rings. The molecule has 3 rings (SSSR count). The van der Waals surface area contributed by atoms with E-state index in [1.807, 2.05) is 0 Å². The third kappa shape index (κ3) is 2.82. The summed E-state index contributed by atoms with van der Waals surface area (Å²) in [5, 5.41) is 0. The summed E-state index contributed by atoms with van der Waals surface area (Å²) in [4.78, 5) is 2.38. The van der Waals surface area contributed by atoms with Crippen LogP contribution < -0.4 is 10.6 Å². The summed E-state index contributed by atoms with van der Waals surface area (Å²) in [6.45, 7) is 1.84. The number of anilines is 1. The van der Waals surface area contributed by atoms with Gasteiger partial charge in [0.25, 0.3) is 0 Å². The molecule has 0 fully saturated rings. The van der Waals surface area contributed by atoms with E-state index in [1.54, 1.807) is 0 Å². The molecule has 0 saturated heterocycles. The zero-order chi connectivity index (χ0) is 13.2. The zero-order valence-electron chi connectivity index (χ0n) is 10.7. The van der Waals surface area contributed by atoms with Gasteiger partial charge in [0.05, 0.1) is 0 Å². The molecular weight excluding hydrogens is 300 g/mol. The molecule has 0 aromatic heterocycles. The van der Waals surface area contributed by atoms with Gasteiger partial charge in [-0.2, -0.15) is 0 Å². The second kappa shape index (κ2) is 5.35. The molecule has 0 aliphatic carbocycles. The average Bonchev–Trinajstić information content (AvgIpc) is 2.41. The van der Waals surface area contributed by atoms with Crippen molar-refractivity contribution in [1.29, 1.82) is 0 Å². The van der Waals surface area contributed by atoms with Gasteiger partial charge in [-0.3, -0.25) is 0 Å². The Kier molecular flexibility index (Phi) is 3.58. The van der Waals surface area contributed by atoms with Gasteiger partial charge < -0.3 is 10.6 Å². The van der Waals surface area contributed by atoms with Gasteiger partial charge in [0.2, 0.25) is 0 Å². The second-order valence-corrected chi connectivity index (χ2v) is 6.02. The molecule has 0 bridgehead atoms. The van der Waals surface area contributed by atoms with Gasteiger partial charge >= 0.3 is 0 Å². The van der Waals surface area contributed by atoms with E-state index in [4.69, 9.17) is 5.73 Å². The highest BCUT2D eigenvalue weighted by atomic mass is 79.9. The van der Waals surface area contributed by atoms with Gasteiger partial charge in [0.15, 0.2) is 0 Å². The molecule has 0 spiro atoms. The first-order valence-electron chi connectivity index (χ1n) is 6.55. The van der Waals surface area contributed by atoms with Crippen molar-refractivity contribution in [2.24, 2.45) is 5.73 Å². The van der Waals surface area contributed by atoms with Crippen molar-refractivity contribution in [3.05, 3.63) is 64.1 Å².